The van der Waals surface area contributed by atoms with E-state index < -0.39 is 23.5 Å². The zero-order valence-electron chi connectivity index (χ0n) is 16.9. The van der Waals surface area contributed by atoms with Gasteiger partial charge in [-0.25, -0.2) is 13.6 Å². The van der Waals surface area contributed by atoms with Crippen LogP contribution >= 0.6 is 11.6 Å². The topological polar surface area (TPSA) is 46.6 Å². The Labute approximate surface area is 179 Å². The van der Waals surface area contributed by atoms with Crippen molar-refractivity contribution >= 4 is 23.5 Å². The van der Waals surface area contributed by atoms with Gasteiger partial charge in [0.05, 0.1) is 18.2 Å². The summed E-state index contributed by atoms with van der Waals surface area (Å²) >= 11 is 5.97. The number of carbonyl (C=O) groups is 2. The Hall–Kier alpha value is -2.73. The van der Waals surface area contributed by atoms with Gasteiger partial charge in [0.2, 0.25) is 5.91 Å². The number of carbonyl (C=O) groups excluding carboxylic acids is 2. The molecule has 0 radical (unpaired) electrons. The van der Waals surface area contributed by atoms with Crippen LogP contribution in [-0.4, -0.2) is 22.9 Å². The van der Waals surface area contributed by atoms with Crippen molar-refractivity contribution in [2.45, 2.75) is 45.8 Å². The molecule has 3 rings (SSSR count). The maximum absolute atomic E-state index is 14.2. The van der Waals surface area contributed by atoms with E-state index in [0.717, 1.165) is 11.6 Å². The minimum atomic E-state index is -1.01. The molecule has 30 heavy (non-hydrogen) atoms. The van der Waals surface area contributed by atoms with Gasteiger partial charge in [0.1, 0.15) is 0 Å². The molecule has 0 saturated carbocycles. The summed E-state index contributed by atoms with van der Waals surface area (Å²) in [5.41, 5.74) is 1.46. The van der Waals surface area contributed by atoms with Gasteiger partial charge in [-0.15, -0.1) is 0 Å². The van der Waals surface area contributed by atoms with Crippen molar-refractivity contribution in [2.75, 3.05) is 0 Å². The normalized spacial score (nSPS) is 17.0. The molecule has 0 saturated heterocycles. The Morgan fingerprint density at radius 2 is 1.87 bits per heavy atom. The number of amides is 1. The predicted octanol–water partition coefficient (Wildman–Crippen LogP) is 5.36. The van der Waals surface area contributed by atoms with Crippen LogP contribution in [0.3, 0.4) is 0 Å². The van der Waals surface area contributed by atoms with Crippen molar-refractivity contribution < 1.29 is 23.1 Å². The zero-order valence-corrected chi connectivity index (χ0v) is 17.7. The highest BCUT2D eigenvalue weighted by Crippen LogP contribution is 2.38. The highest BCUT2D eigenvalue weighted by molar-refractivity contribution is 6.30. The van der Waals surface area contributed by atoms with Gasteiger partial charge in [-0.05, 0) is 44.5 Å². The van der Waals surface area contributed by atoms with Gasteiger partial charge in [-0.3, -0.25) is 4.79 Å². The van der Waals surface area contributed by atoms with E-state index >= 15 is 0 Å². The Morgan fingerprint density at radius 1 is 1.20 bits per heavy atom. The minimum Gasteiger partial charge on any atom is -0.460 e. The summed E-state index contributed by atoms with van der Waals surface area (Å²) in [6.45, 7) is 4.91. The SMILES string of the molecule is CC1=C(C(=O)OC(C)C)[C@H](c2ccc(Cl)cc2)CC(=O)N1Cc1cccc(F)c1F. The predicted molar refractivity (Wildman–Crippen MR) is 110 cm³/mol. The van der Waals surface area contributed by atoms with Crippen LogP contribution in [0.4, 0.5) is 8.78 Å². The van der Waals surface area contributed by atoms with E-state index in [-0.39, 0.29) is 30.5 Å². The van der Waals surface area contributed by atoms with Gasteiger partial charge >= 0.3 is 5.97 Å². The van der Waals surface area contributed by atoms with E-state index in [0.29, 0.717) is 16.3 Å². The molecule has 4 nitrogen and oxygen atoms in total. The fourth-order valence-corrected chi connectivity index (χ4v) is 3.69. The maximum atomic E-state index is 14.2. The second-order valence-electron chi connectivity index (χ2n) is 7.45. The standard InChI is InChI=1S/C23H22ClF2NO3/c1-13(2)30-23(29)21-14(3)27(12-16-5-4-6-19(25)22(16)26)20(28)11-18(21)15-7-9-17(24)10-8-15/h4-10,13,18H,11-12H2,1-3H3/t18-/m0/s1. The summed E-state index contributed by atoms with van der Waals surface area (Å²) in [5.74, 6) is -3.35. The number of rotatable bonds is 5. The van der Waals surface area contributed by atoms with Gasteiger partial charge in [-0.2, -0.15) is 0 Å². The lowest BCUT2D eigenvalue weighted by atomic mass is 9.83. The molecule has 0 aliphatic carbocycles. The number of benzene rings is 2. The fourth-order valence-electron chi connectivity index (χ4n) is 3.57. The summed E-state index contributed by atoms with van der Waals surface area (Å²) in [4.78, 5) is 27.2. The summed E-state index contributed by atoms with van der Waals surface area (Å²) in [7, 11) is 0. The monoisotopic (exact) mass is 433 g/mol. The molecule has 1 heterocycles. The van der Waals surface area contributed by atoms with Gasteiger partial charge in [0.25, 0.3) is 0 Å². The quantitative estimate of drug-likeness (QED) is 0.596. The lowest BCUT2D eigenvalue weighted by Crippen LogP contribution is -2.38. The molecule has 2 aromatic rings. The molecule has 1 aliphatic heterocycles. The first kappa shape index (κ1) is 22.0. The minimum absolute atomic E-state index is 0.00155. The number of hydrogen-bond donors (Lipinski definition) is 0. The molecule has 0 spiro atoms. The molecule has 1 amide bonds. The van der Waals surface area contributed by atoms with Crippen LogP contribution in [-0.2, 0) is 20.9 Å². The molecule has 7 heteroatoms. The lowest BCUT2D eigenvalue weighted by Gasteiger charge is -2.35. The molecule has 0 fully saturated rings. The molecule has 1 aliphatic rings. The fraction of sp³-hybridized carbons (Fsp3) is 0.304. The van der Waals surface area contributed by atoms with Gasteiger partial charge in [0.15, 0.2) is 11.6 Å². The zero-order chi connectivity index (χ0) is 22.0. The largest absolute Gasteiger partial charge is 0.460 e. The van der Waals surface area contributed by atoms with Crippen molar-refractivity contribution in [1.82, 2.24) is 4.90 Å². The van der Waals surface area contributed by atoms with E-state index in [4.69, 9.17) is 16.3 Å². The van der Waals surface area contributed by atoms with Crippen LogP contribution in [0.15, 0.2) is 53.7 Å². The Balaban J connectivity index is 2.05. The highest BCUT2D eigenvalue weighted by Gasteiger charge is 2.37. The maximum Gasteiger partial charge on any atom is 0.336 e. The molecular formula is C23H22ClF2NO3. The summed E-state index contributed by atoms with van der Waals surface area (Å²) in [6.07, 6.45) is -0.353. The Kier molecular flexibility index (Phi) is 6.56. The summed E-state index contributed by atoms with van der Waals surface area (Å²) in [6, 6.07) is 10.7. The number of halogens is 3. The smallest absolute Gasteiger partial charge is 0.336 e. The van der Waals surface area contributed by atoms with E-state index in [9.17, 15) is 18.4 Å². The Morgan fingerprint density at radius 3 is 2.50 bits per heavy atom. The number of ether oxygens (including phenoxy) is 1. The molecule has 158 valence electrons. The number of esters is 1. The van der Waals surface area contributed by atoms with Crippen molar-refractivity contribution in [3.8, 4) is 0 Å². The van der Waals surface area contributed by atoms with Crippen LogP contribution < -0.4 is 0 Å². The van der Waals surface area contributed by atoms with Crippen LogP contribution in [0, 0.1) is 11.6 Å². The van der Waals surface area contributed by atoms with Crippen LogP contribution in [0.25, 0.3) is 0 Å². The third-order valence-electron chi connectivity index (χ3n) is 5.02. The molecule has 0 bridgehead atoms. The number of nitrogens with zero attached hydrogens (tertiary/aromatic N) is 1. The third kappa shape index (κ3) is 4.54. The van der Waals surface area contributed by atoms with Crippen LogP contribution in [0.5, 0.6) is 0 Å². The molecule has 0 unspecified atom stereocenters. The van der Waals surface area contributed by atoms with Crippen molar-refractivity contribution in [3.63, 3.8) is 0 Å². The summed E-state index contributed by atoms with van der Waals surface area (Å²) in [5, 5.41) is 0.538. The lowest BCUT2D eigenvalue weighted by molar-refractivity contribution is -0.143. The summed E-state index contributed by atoms with van der Waals surface area (Å²) < 4.78 is 33.2. The highest BCUT2D eigenvalue weighted by atomic mass is 35.5. The molecule has 0 aromatic heterocycles. The average Bonchev–Trinajstić information content (AvgIpc) is 2.67. The average molecular weight is 434 g/mol. The first-order chi connectivity index (χ1) is 14.2. The third-order valence-corrected chi connectivity index (χ3v) is 5.27. The number of allylic oxidation sites excluding steroid dienone is 1. The van der Waals surface area contributed by atoms with Crippen molar-refractivity contribution in [3.05, 3.63) is 81.5 Å². The molecule has 1 atom stereocenters. The molecule has 0 N–H and O–H groups in total. The van der Waals surface area contributed by atoms with E-state index in [1.807, 2.05) is 0 Å². The van der Waals surface area contributed by atoms with E-state index in [2.05, 4.69) is 0 Å². The van der Waals surface area contributed by atoms with Gasteiger partial charge in [-0.1, -0.05) is 35.9 Å². The van der Waals surface area contributed by atoms with Crippen molar-refractivity contribution in [2.24, 2.45) is 0 Å². The Bertz CT molecular complexity index is 1000. The first-order valence-corrected chi connectivity index (χ1v) is 9.97. The first-order valence-electron chi connectivity index (χ1n) is 9.59. The van der Waals surface area contributed by atoms with Crippen LogP contribution in [0.1, 0.15) is 44.2 Å². The molecular weight excluding hydrogens is 412 g/mol. The van der Waals surface area contributed by atoms with E-state index in [1.165, 1.54) is 17.0 Å². The second kappa shape index (κ2) is 8.96. The van der Waals surface area contributed by atoms with Gasteiger partial charge in [0, 0.05) is 28.6 Å². The van der Waals surface area contributed by atoms with Gasteiger partial charge < -0.3 is 9.64 Å². The van der Waals surface area contributed by atoms with Crippen molar-refractivity contribution in [1.29, 1.82) is 0 Å². The number of hydrogen-bond acceptors (Lipinski definition) is 3. The molecule has 2 aromatic carbocycles. The van der Waals surface area contributed by atoms with E-state index in [1.54, 1.807) is 45.0 Å². The second-order valence-corrected chi connectivity index (χ2v) is 7.89. The van der Waals surface area contributed by atoms with Crippen LogP contribution in [0.2, 0.25) is 5.02 Å².